The van der Waals surface area contributed by atoms with E-state index in [1.54, 1.807) is 15.8 Å². The van der Waals surface area contributed by atoms with E-state index >= 15 is 0 Å². The Morgan fingerprint density at radius 3 is 2.65 bits per heavy atom. The summed E-state index contributed by atoms with van der Waals surface area (Å²) < 4.78 is 7.83. The highest BCUT2D eigenvalue weighted by Crippen LogP contribution is 2.28. The topological polar surface area (TPSA) is 102 Å². The average Bonchev–Trinajstić information content (AvgIpc) is 3.31. The molecule has 34 heavy (non-hydrogen) atoms. The number of benzene rings is 1. The number of rotatable bonds is 5. The molecular weight excluding hydrogens is 432 g/mol. The van der Waals surface area contributed by atoms with E-state index in [4.69, 9.17) is 4.74 Å². The normalized spacial score (nSPS) is 18.4. The van der Waals surface area contributed by atoms with Crippen LogP contribution < -0.4 is 5.32 Å². The van der Waals surface area contributed by atoms with Gasteiger partial charge in [0.15, 0.2) is 5.69 Å². The molecule has 9 nitrogen and oxygen atoms in total. The third kappa shape index (κ3) is 4.70. The molecule has 2 amide bonds. The van der Waals surface area contributed by atoms with Gasteiger partial charge in [0.25, 0.3) is 5.91 Å². The number of nitrogens with one attached hydrogen (secondary N) is 1. The third-order valence-corrected chi connectivity index (χ3v) is 6.57. The van der Waals surface area contributed by atoms with Gasteiger partial charge in [-0.3, -0.25) is 14.6 Å². The predicted octanol–water partition coefficient (Wildman–Crippen LogP) is 2.42. The molecule has 2 aliphatic heterocycles. The van der Waals surface area contributed by atoms with Gasteiger partial charge in [-0.05, 0) is 37.5 Å². The number of ether oxygens (including phenoxy) is 1. The highest BCUT2D eigenvalue weighted by molar-refractivity contribution is 5.93. The number of aromatic nitrogens is 4. The van der Waals surface area contributed by atoms with E-state index in [1.165, 1.54) is 5.56 Å². The minimum absolute atomic E-state index is 0.00865. The van der Waals surface area contributed by atoms with Gasteiger partial charge in [-0.25, -0.2) is 4.68 Å². The lowest BCUT2D eigenvalue weighted by Gasteiger charge is -2.31. The Hall–Kier alpha value is -3.59. The number of nitrogens with zero attached hydrogens (tertiary/aromatic N) is 5. The summed E-state index contributed by atoms with van der Waals surface area (Å²) in [5.74, 6) is -0.249. The van der Waals surface area contributed by atoms with Crippen molar-refractivity contribution in [2.45, 2.75) is 45.6 Å². The van der Waals surface area contributed by atoms with Crippen molar-refractivity contribution < 1.29 is 14.3 Å². The van der Waals surface area contributed by atoms with Gasteiger partial charge in [-0.15, -0.1) is 5.10 Å². The Balaban J connectivity index is 1.16. The number of likely N-dealkylation sites (tertiary alicyclic amines) is 1. The van der Waals surface area contributed by atoms with E-state index in [0.29, 0.717) is 57.0 Å². The van der Waals surface area contributed by atoms with E-state index in [9.17, 15) is 9.59 Å². The van der Waals surface area contributed by atoms with Gasteiger partial charge in [0, 0.05) is 25.2 Å². The summed E-state index contributed by atoms with van der Waals surface area (Å²) in [4.78, 5) is 31.7. The first kappa shape index (κ1) is 22.2. The van der Waals surface area contributed by atoms with Crippen LogP contribution in [0.15, 0.2) is 48.7 Å². The Labute approximate surface area is 198 Å². The highest BCUT2D eigenvalue weighted by atomic mass is 16.5. The summed E-state index contributed by atoms with van der Waals surface area (Å²) >= 11 is 0. The van der Waals surface area contributed by atoms with E-state index in [-0.39, 0.29) is 23.8 Å². The van der Waals surface area contributed by atoms with Crippen LogP contribution in [0.25, 0.3) is 0 Å². The Morgan fingerprint density at radius 1 is 1.12 bits per heavy atom. The second kappa shape index (κ2) is 9.72. The van der Waals surface area contributed by atoms with Crippen LogP contribution in [0.1, 0.15) is 51.9 Å². The van der Waals surface area contributed by atoms with Crippen molar-refractivity contribution in [2.75, 3.05) is 13.1 Å². The van der Waals surface area contributed by atoms with Crippen LogP contribution in [0, 0.1) is 12.8 Å². The molecule has 0 aliphatic carbocycles. The molecule has 176 valence electrons. The van der Waals surface area contributed by atoms with Crippen LogP contribution in [-0.4, -0.2) is 49.8 Å². The number of aryl methyl sites for hydroxylation is 1. The second-order valence-corrected chi connectivity index (χ2v) is 8.88. The Morgan fingerprint density at radius 2 is 1.91 bits per heavy atom. The lowest BCUT2D eigenvalue weighted by molar-refractivity contribution is -0.126. The third-order valence-electron chi connectivity index (χ3n) is 6.57. The first-order valence-corrected chi connectivity index (χ1v) is 11.7. The molecule has 9 heteroatoms. The van der Waals surface area contributed by atoms with E-state index < -0.39 is 0 Å². The van der Waals surface area contributed by atoms with Crippen molar-refractivity contribution >= 4 is 11.8 Å². The summed E-state index contributed by atoms with van der Waals surface area (Å²) in [6.07, 6.45) is 2.84. The van der Waals surface area contributed by atoms with Gasteiger partial charge >= 0.3 is 0 Å². The van der Waals surface area contributed by atoms with Crippen molar-refractivity contribution in [3.63, 3.8) is 0 Å². The van der Waals surface area contributed by atoms with E-state index in [0.717, 1.165) is 11.3 Å². The van der Waals surface area contributed by atoms with Gasteiger partial charge < -0.3 is 15.0 Å². The number of amides is 2. The molecule has 0 radical (unpaired) electrons. The summed E-state index contributed by atoms with van der Waals surface area (Å²) in [6, 6.07) is 13.9. The van der Waals surface area contributed by atoms with Gasteiger partial charge in [-0.1, -0.05) is 41.1 Å². The summed E-state index contributed by atoms with van der Waals surface area (Å²) in [5, 5.41) is 11.4. The zero-order chi connectivity index (χ0) is 23.5. The molecule has 1 N–H and O–H groups in total. The maximum absolute atomic E-state index is 13.2. The molecule has 1 aromatic carbocycles. The molecule has 4 heterocycles. The maximum atomic E-state index is 13.2. The fourth-order valence-corrected chi connectivity index (χ4v) is 4.48. The van der Waals surface area contributed by atoms with Gasteiger partial charge in [0.1, 0.15) is 6.10 Å². The molecule has 1 saturated heterocycles. The molecule has 0 spiro atoms. The first-order chi connectivity index (χ1) is 16.6. The second-order valence-electron chi connectivity index (χ2n) is 8.88. The lowest BCUT2D eigenvalue weighted by Crippen LogP contribution is -2.43. The van der Waals surface area contributed by atoms with Gasteiger partial charge in [-0.2, -0.15) is 0 Å². The van der Waals surface area contributed by atoms with Gasteiger partial charge in [0.2, 0.25) is 5.91 Å². The standard InChI is InChI=1S/C25H28N6O3/c1-17-5-7-18(8-6-17)22-15-31-21(16-34-22)23(28-29-31)25(33)30-12-9-19(10-13-30)24(32)27-14-20-4-2-3-11-26-20/h2-8,11,19,22H,9-10,12-16H2,1H3,(H,27,32)/t22-/m1/s1. The quantitative estimate of drug-likeness (QED) is 0.627. The molecule has 0 unspecified atom stereocenters. The number of hydrogen-bond acceptors (Lipinski definition) is 6. The minimum atomic E-state index is -0.147. The zero-order valence-corrected chi connectivity index (χ0v) is 19.2. The monoisotopic (exact) mass is 460 g/mol. The largest absolute Gasteiger partial charge is 0.365 e. The van der Waals surface area contributed by atoms with Crippen LogP contribution >= 0.6 is 0 Å². The molecule has 3 aromatic rings. The molecule has 1 fully saturated rings. The van der Waals surface area contributed by atoms with Crippen molar-refractivity contribution in [3.05, 3.63) is 76.9 Å². The van der Waals surface area contributed by atoms with E-state index in [1.807, 2.05) is 18.2 Å². The molecule has 2 aromatic heterocycles. The fourth-order valence-electron chi connectivity index (χ4n) is 4.48. The molecular formula is C25H28N6O3. The SMILES string of the molecule is Cc1ccc([C@H]2Cn3nnc(C(=O)N4CCC(C(=O)NCc5ccccn5)CC4)c3CO2)cc1. The molecule has 0 saturated carbocycles. The van der Waals surface area contributed by atoms with Crippen LogP contribution in [0.2, 0.25) is 0 Å². The number of hydrogen-bond donors (Lipinski definition) is 1. The highest BCUT2D eigenvalue weighted by Gasteiger charge is 2.33. The summed E-state index contributed by atoms with van der Waals surface area (Å²) in [7, 11) is 0. The zero-order valence-electron chi connectivity index (χ0n) is 19.2. The number of piperidine rings is 1. The predicted molar refractivity (Wildman–Crippen MR) is 123 cm³/mol. The number of carbonyl (C=O) groups excluding carboxylic acids is 2. The maximum Gasteiger partial charge on any atom is 0.276 e. The van der Waals surface area contributed by atoms with Crippen LogP contribution in [0.3, 0.4) is 0 Å². The minimum Gasteiger partial charge on any atom is -0.365 e. The van der Waals surface area contributed by atoms with E-state index in [2.05, 4.69) is 51.8 Å². The summed E-state index contributed by atoms with van der Waals surface area (Å²) in [5.41, 5.74) is 4.17. The Kier molecular flexibility index (Phi) is 6.35. The van der Waals surface area contributed by atoms with Crippen LogP contribution in [-0.2, 0) is 29.2 Å². The number of carbonyl (C=O) groups is 2. The summed E-state index contributed by atoms with van der Waals surface area (Å²) in [6.45, 7) is 4.31. The smallest absolute Gasteiger partial charge is 0.276 e. The lowest BCUT2D eigenvalue weighted by atomic mass is 9.95. The van der Waals surface area contributed by atoms with Crippen molar-refractivity contribution in [2.24, 2.45) is 5.92 Å². The molecule has 2 aliphatic rings. The fraction of sp³-hybridized carbons (Fsp3) is 0.400. The average molecular weight is 461 g/mol. The molecule has 1 atom stereocenters. The first-order valence-electron chi connectivity index (χ1n) is 11.7. The van der Waals surface area contributed by atoms with Gasteiger partial charge in [0.05, 0.1) is 31.1 Å². The van der Waals surface area contributed by atoms with Crippen molar-refractivity contribution in [1.82, 2.24) is 30.2 Å². The molecule has 5 rings (SSSR count). The number of fused-ring (bicyclic) bond motifs is 1. The van der Waals surface area contributed by atoms with Crippen LogP contribution in [0.5, 0.6) is 0 Å². The van der Waals surface area contributed by atoms with Crippen molar-refractivity contribution in [3.8, 4) is 0 Å². The van der Waals surface area contributed by atoms with Crippen molar-refractivity contribution in [1.29, 1.82) is 0 Å². The molecule has 0 bridgehead atoms. The Bertz CT molecular complexity index is 1150. The number of pyridine rings is 1. The van der Waals surface area contributed by atoms with Crippen LogP contribution in [0.4, 0.5) is 0 Å².